The number of aromatic nitrogens is 1. The minimum atomic E-state index is -0.0184. The fraction of sp³-hybridized carbons (Fsp3) is 0.368. The first-order valence-electron chi connectivity index (χ1n) is 8.07. The maximum absolute atomic E-state index is 12.7. The molecule has 0 amide bonds. The van der Waals surface area contributed by atoms with E-state index in [1.807, 2.05) is 55.6 Å². The van der Waals surface area contributed by atoms with Gasteiger partial charge in [0, 0.05) is 11.8 Å². The van der Waals surface area contributed by atoms with Gasteiger partial charge in [-0.1, -0.05) is 37.5 Å². The molecule has 0 spiro atoms. The van der Waals surface area contributed by atoms with E-state index in [4.69, 9.17) is 4.99 Å². The van der Waals surface area contributed by atoms with Gasteiger partial charge in [-0.15, -0.1) is 0 Å². The van der Waals surface area contributed by atoms with Gasteiger partial charge in [-0.05, 0) is 49.6 Å². The molecule has 1 fully saturated rings. The minimum absolute atomic E-state index is 0.0184. The molecule has 0 saturated heterocycles. The van der Waals surface area contributed by atoms with Crippen molar-refractivity contribution in [3.63, 3.8) is 0 Å². The van der Waals surface area contributed by atoms with Gasteiger partial charge in [0.2, 0.25) is 0 Å². The van der Waals surface area contributed by atoms with Crippen LogP contribution in [-0.4, -0.2) is 16.5 Å². The van der Waals surface area contributed by atoms with Crippen molar-refractivity contribution in [1.29, 1.82) is 0 Å². The summed E-state index contributed by atoms with van der Waals surface area (Å²) in [7, 11) is 0. The van der Waals surface area contributed by atoms with E-state index in [-0.39, 0.29) is 5.91 Å². The van der Waals surface area contributed by atoms with Crippen LogP contribution in [0.4, 0.5) is 0 Å². The summed E-state index contributed by atoms with van der Waals surface area (Å²) in [5, 5.41) is 0. The Morgan fingerprint density at radius 2 is 1.82 bits per heavy atom. The van der Waals surface area contributed by atoms with Gasteiger partial charge < -0.3 is 0 Å². The van der Waals surface area contributed by atoms with Crippen molar-refractivity contribution in [2.24, 2.45) is 4.99 Å². The van der Waals surface area contributed by atoms with Crippen LogP contribution in [0.3, 0.4) is 0 Å². The molecule has 0 aliphatic heterocycles. The largest absolute Gasteiger partial charge is 0.268 e. The lowest BCUT2D eigenvalue weighted by Gasteiger charge is -2.18. The Labute approximate surface area is 131 Å². The van der Waals surface area contributed by atoms with Gasteiger partial charge in [-0.3, -0.25) is 14.4 Å². The summed E-state index contributed by atoms with van der Waals surface area (Å²) >= 11 is 0. The second kappa shape index (κ2) is 6.73. The number of hydrogen-bond acceptors (Lipinski definition) is 2. The van der Waals surface area contributed by atoms with Gasteiger partial charge >= 0.3 is 0 Å². The lowest BCUT2D eigenvalue weighted by atomic mass is 9.96. The quantitative estimate of drug-likeness (QED) is 0.831. The van der Waals surface area contributed by atoms with Crippen LogP contribution in [0.25, 0.3) is 0 Å². The number of nitrogens with zero attached hydrogens (tertiary/aromatic N) is 2. The molecule has 0 atom stereocenters. The smallest absolute Gasteiger partial charge is 0.263 e. The number of rotatable bonds is 2. The summed E-state index contributed by atoms with van der Waals surface area (Å²) in [6.45, 7) is 2.04. The molecule has 1 aromatic heterocycles. The van der Waals surface area contributed by atoms with Gasteiger partial charge in [-0.2, -0.15) is 0 Å². The Kier molecular flexibility index (Phi) is 4.52. The summed E-state index contributed by atoms with van der Waals surface area (Å²) in [6, 6.07) is 13.7. The Balaban J connectivity index is 2.01. The molecule has 3 rings (SSSR count). The molecule has 114 valence electrons. The third kappa shape index (κ3) is 3.35. The maximum atomic E-state index is 12.7. The first kappa shape index (κ1) is 14.8. The van der Waals surface area contributed by atoms with E-state index in [1.165, 1.54) is 19.3 Å². The third-order valence-electron chi connectivity index (χ3n) is 4.22. The van der Waals surface area contributed by atoms with Crippen molar-refractivity contribution in [3.05, 3.63) is 65.3 Å². The van der Waals surface area contributed by atoms with Crippen LogP contribution in [0, 0.1) is 6.92 Å². The fourth-order valence-electron chi connectivity index (χ4n) is 2.98. The van der Waals surface area contributed by atoms with Crippen LogP contribution < -0.4 is 5.49 Å². The predicted molar refractivity (Wildman–Crippen MR) is 87.8 cm³/mol. The Morgan fingerprint density at radius 1 is 1.09 bits per heavy atom. The Morgan fingerprint density at radius 3 is 2.55 bits per heavy atom. The summed E-state index contributed by atoms with van der Waals surface area (Å²) in [5.41, 5.74) is 2.60. The zero-order valence-electron chi connectivity index (χ0n) is 13.0. The van der Waals surface area contributed by atoms with E-state index >= 15 is 0 Å². The van der Waals surface area contributed by atoms with E-state index in [1.54, 1.807) is 4.57 Å². The number of carbonyl (C=O) groups is 1. The van der Waals surface area contributed by atoms with Crippen molar-refractivity contribution in [2.75, 3.05) is 0 Å². The fourth-order valence-corrected chi connectivity index (χ4v) is 2.98. The van der Waals surface area contributed by atoms with Gasteiger partial charge in [0.25, 0.3) is 5.91 Å². The normalized spacial score (nSPS) is 16.7. The molecule has 1 aliphatic rings. The van der Waals surface area contributed by atoms with E-state index in [0.29, 0.717) is 11.6 Å². The number of carbonyl (C=O) groups excluding carboxylic acids is 1. The number of pyridine rings is 1. The van der Waals surface area contributed by atoms with Crippen LogP contribution in [0.15, 0.2) is 53.7 Å². The molecular formula is C19H22N2O. The predicted octanol–water partition coefficient (Wildman–Crippen LogP) is 3.72. The van der Waals surface area contributed by atoms with Crippen molar-refractivity contribution < 1.29 is 4.79 Å². The third-order valence-corrected chi connectivity index (χ3v) is 4.22. The van der Waals surface area contributed by atoms with Crippen LogP contribution in [0.5, 0.6) is 0 Å². The number of benzene rings is 1. The highest BCUT2D eigenvalue weighted by atomic mass is 16.2. The average Bonchev–Trinajstić information content (AvgIpc) is 2.56. The van der Waals surface area contributed by atoms with Gasteiger partial charge in [-0.25, -0.2) is 0 Å². The monoisotopic (exact) mass is 294 g/mol. The van der Waals surface area contributed by atoms with E-state index < -0.39 is 0 Å². The van der Waals surface area contributed by atoms with Crippen molar-refractivity contribution in [1.82, 2.24) is 4.57 Å². The van der Waals surface area contributed by atoms with Crippen molar-refractivity contribution in [3.8, 4) is 0 Å². The zero-order valence-corrected chi connectivity index (χ0v) is 13.0. The summed E-state index contributed by atoms with van der Waals surface area (Å²) in [6.07, 6.45) is 7.90. The van der Waals surface area contributed by atoms with Crippen LogP contribution in [0.2, 0.25) is 0 Å². The molecule has 3 heteroatoms. The molecule has 0 bridgehead atoms. The first-order chi connectivity index (χ1) is 10.7. The van der Waals surface area contributed by atoms with Crippen molar-refractivity contribution in [2.45, 2.75) is 45.1 Å². The molecule has 22 heavy (non-hydrogen) atoms. The van der Waals surface area contributed by atoms with E-state index in [2.05, 4.69) is 0 Å². The maximum Gasteiger partial charge on any atom is 0.263 e. The molecular weight excluding hydrogens is 272 g/mol. The molecule has 0 unspecified atom stereocenters. The summed E-state index contributed by atoms with van der Waals surface area (Å²) in [4.78, 5) is 17.6. The lowest BCUT2D eigenvalue weighted by Crippen LogP contribution is -2.29. The van der Waals surface area contributed by atoms with Crippen LogP contribution in [-0.2, 0) is 0 Å². The summed E-state index contributed by atoms with van der Waals surface area (Å²) < 4.78 is 1.68. The highest BCUT2D eigenvalue weighted by molar-refractivity contribution is 5.95. The SMILES string of the molecule is Cc1ccn(C(=O)c2ccccc2)c(=NC2CCCCC2)c1. The van der Waals surface area contributed by atoms with Gasteiger partial charge in [0.15, 0.2) is 0 Å². The van der Waals surface area contributed by atoms with Gasteiger partial charge in [0.1, 0.15) is 5.49 Å². The molecule has 3 nitrogen and oxygen atoms in total. The van der Waals surface area contributed by atoms with Gasteiger partial charge in [0.05, 0.1) is 6.04 Å². The second-order valence-corrected chi connectivity index (χ2v) is 6.02. The van der Waals surface area contributed by atoms with Crippen molar-refractivity contribution >= 4 is 5.91 Å². The molecule has 2 aromatic rings. The minimum Gasteiger partial charge on any atom is -0.268 e. The molecule has 1 heterocycles. The highest BCUT2D eigenvalue weighted by Crippen LogP contribution is 2.19. The molecule has 0 N–H and O–H groups in total. The zero-order chi connectivity index (χ0) is 15.4. The van der Waals surface area contributed by atoms with Crippen LogP contribution in [0.1, 0.15) is 48.0 Å². The highest BCUT2D eigenvalue weighted by Gasteiger charge is 2.13. The van der Waals surface area contributed by atoms with E-state index in [9.17, 15) is 4.79 Å². The lowest BCUT2D eigenvalue weighted by molar-refractivity contribution is 0.0954. The number of aryl methyl sites for hydroxylation is 1. The Bertz CT molecular complexity index is 710. The summed E-state index contributed by atoms with van der Waals surface area (Å²) in [5.74, 6) is -0.0184. The topological polar surface area (TPSA) is 34.4 Å². The standard InChI is InChI=1S/C19H22N2O/c1-15-12-13-21(19(22)16-8-4-2-5-9-16)18(14-15)20-17-10-6-3-7-11-17/h2,4-5,8-9,12-14,17H,3,6-7,10-11H2,1H3. The average molecular weight is 294 g/mol. The molecule has 0 radical (unpaired) electrons. The van der Waals surface area contributed by atoms with Crippen LogP contribution >= 0.6 is 0 Å². The first-order valence-corrected chi connectivity index (χ1v) is 8.07. The number of hydrogen-bond donors (Lipinski definition) is 0. The molecule has 1 saturated carbocycles. The van der Waals surface area contributed by atoms with E-state index in [0.717, 1.165) is 23.9 Å². The molecule has 1 aliphatic carbocycles. The molecule has 1 aromatic carbocycles. The second-order valence-electron chi connectivity index (χ2n) is 6.02. The Hall–Kier alpha value is -2.16.